The van der Waals surface area contributed by atoms with Crippen LogP contribution in [0.25, 0.3) is 10.9 Å². The molecule has 18 heteroatoms. The molecule has 6 heterocycles. The largest absolute Gasteiger partial charge is 0.496 e. The van der Waals surface area contributed by atoms with Crippen molar-refractivity contribution in [1.29, 1.82) is 0 Å². The molecule has 2 aromatic carbocycles. The van der Waals surface area contributed by atoms with Gasteiger partial charge in [0.05, 0.1) is 32.3 Å². The second-order valence-electron chi connectivity index (χ2n) is 19.2. The van der Waals surface area contributed by atoms with Crippen molar-refractivity contribution in [2.24, 2.45) is 17.3 Å². The number of aromatic amines is 1. The number of rotatable bonds is 9. The summed E-state index contributed by atoms with van der Waals surface area (Å²) in [5.41, 5.74) is -2.97. The van der Waals surface area contributed by atoms with Crippen LogP contribution in [0.15, 0.2) is 47.4 Å². The Morgan fingerprint density at radius 3 is 2.42 bits per heavy atom. The van der Waals surface area contributed by atoms with Gasteiger partial charge in [0.15, 0.2) is 6.10 Å². The van der Waals surface area contributed by atoms with Gasteiger partial charge in [-0.3, -0.25) is 14.5 Å². The van der Waals surface area contributed by atoms with E-state index in [0.717, 1.165) is 12.5 Å². The number of hydrogen-bond donors (Lipinski definition) is 3. The lowest BCUT2D eigenvalue weighted by Gasteiger charge is -2.63. The summed E-state index contributed by atoms with van der Waals surface area (Å²) in [6.07, 6.45) is 3.85. The highest BCUT2D eigenvalue weighted by Crippen LogP contribution is 2.68. The van der Waals surface area contributed by atoms with Crippen LogP contribution in [0.1, 0.15) is 68.8 Å². The third kappa shape index (κ3) is 6.21. The van der Waals surface area contributed by atoms with Crippen LogP contribution in [-0.2, 0) is 55.9 Å². The third-order valence-electron chi connectivity index (χ3n) is 16.2. The maximum atomic E-state index is 15.5. The molecule has 352 valence electrons. The van der Waals surface area contributed by atoms with E-state index in [1.54, 1.807) is 25.2 Å². The predicted octanol–water partition coefficient (Wildman–Crippen LogP) is 4.03. The summed E-state index contributed by atoms with van der Waals surface area (Å²) in [6, 6.07) is 6.98. The highest BCUT2D eigenvalue weighted by molar-refractivity contribution is 7.89. The zero-order chi connectivity index (χ0) is 46.8. The molecule has 3 N–H and O–H groups in total. The predicted molar refractivity (Wildman–Crippen MR) is 236 cm³/mol. The van der Waals surface area contributed by atoms with Crippen molar-refractivity contribution in [2.45, 2.75) is 98.3 Å². The maximum Gasteiger partial charge on any atom is 0.344 e. The van der Waals surface area contributed by atoms with Crippen molar-refractivity contribution in [1.82, 2.24) is 19.5 Å². The topological polar surface area (TPSA) is 180 Å². The number of H-pyrrole nitrogens is 1. The summed E-state index contributed by atoms with van der Waals surface area (Å²) >= 11 is 0. The number of piperidine rings is 1. The van der Waals surface area contributed by atoms with Gasteiger partial charge < -0.3 is 38.8 Å². The first kappa shape index (κ1) is 45.5. The first-order valence-corrected chi connectivity index (χ1v) is 23.8. The molecule has 3 aromatic rings. The van der Waals surface area contributed by atoms with Crippen LogP contribution in [-0.4, -0.2) is 144 Å². The van der Waals surface area contributed by atoms with Crippen LogP contribution in [0.4, 0.5) is 14.5 Å². The van der Waals surface area contributed by atoms with Crippen LogP contribution >= 0.6 is 0 Å². The molecule has 10 atom stereocenters. The Kier molecular flexibility index (Phi) is 10.8. The number of nitrogens with one attached hydrogen (secondary N) is 2. The number of carbonyl (C=O) groups excluding carboxylic acids is 3. The monoisotopic (exact) mass is 923 g/mol. The SMILES string of the molecule is CC[C@]12C=CCN3CC[C@@]4(c5cc([C@@]6(C(=O)OC)C[C@H]7CC(C(C)(F)F)CN(CCc8c6[nH]c6ccc(S(=O)(=O)NC)cc86)C7)c(OC)cc5N(C)[C@H]4[C@@](O)(C(=O)OC)[C@@H]1OC(C)=O)[C@@H]32. The Balaban J connectivity index is 1.37. The van der Waals surface area contributed by atoms with Crippen LogP contribution < -0.4 is 14.4 Å². The molecule has 65 heavy (non-hydrogen) atoms. The number of esters is 3. The number of benzene rings is 2. The molecule has 9 rings (SSSR count). The van der Waals surface area contributed by atoms with Crippen molar-refractivity contribution in [3.05, 3.63) is 64.9 Å². The quantitative estimate of drug-likeness (QED) is 0.159. The molecule has 6 aliphatic rings. The fraction of sp³-hybridized carbons (Fsp3) is 0.596. The smallest absolute Gasteiger partial charge is 0.344 e. The average Bonchev–Trinajstić information content (AvgIpc) is 3.94. The molecule has 3 fully saturated rings. The average molecular weight is 924 g/mol. The van der Waals surface area contributed by atoms with Gasteiger partial charge in [-0.2, -0.15) is 0 Å². The second-order valence-corrected chi connectivity index (χ2v) is 21.1. The van der Waals surface area contributed by atoms with E-state index < -0.39 is 85.7 Å². The molecule has 1 spiro atoms. The van der Waals surface area contributed by atoms with Gasteiger partial charge >= 0.3 is 17.9 Å². The first-order chi connectivity index (χ1) is 30.7. The number of sulfonamides is 1. The highest BCUT2D eigenvalue weighted by Gasteiger charge is 2.80. The number of aliphatic hydroxyl groups is 1. The number of fused-ring (bicyclic) bond motifs is 6. The van der Waals surface area contributed by atoms with Gasteiger partial charge in [-0.25, -0.2) is 26.7 Å². The Bertz CT molecular complexity index is 2620. The molecule has 15 nitrogen and oxygen atoms in total. The second kappa shape index (κ2) is 15.5. The first-order valence-electron chi connectivity index (χ1n) is 22.4. The number of ether oxygens (including phenoxy) is 4. The summed E-state index contributed by atoms with van der Waals surface area (Å²) < 4.78 is 83.6. The van der Waals surface area contributed by atoms with E-state index in [1.165, 1.54) is 41.4 Å². The Morgan fingerprint density at radius 1 is 1.03 bits per heavy atom. The molecular formula is C47H59F2N5O10S. The lowest BCUT2D eigenvalue weighted by Crippen LogP contribution is -2.81. The minimum Gasteiger partial charge on any atom is -0.496 e. The van der Waals surface area contributed by atoms with Gasteiger partial charge in [-0.1, -0.05) is 19.1 Å². The number of hydrogen-bond acceptors (Lipinski definition) is 13. The van der Waals surface area contributed by atoms with Crippen molar-refractivity contribution in [2.75, 3.05) is 73.0 Å². The van der Waals surface area contributed by atoms with E-state index in [-0.39, 0.29) is 36.5 Å². The fourth-order valence-corrected chi connectivity index (χ4v) is 14.5. The number of methoxy groups -OCH3 is 3. The highest BCUT2D eigenvalue weighted by atomic mass is 32.2. The number of aromatic nitrogens is 1. The zero-order valence-corrected chi connectivity index (χ0v) is 38.9. The van der Waals surface area contributed by atoms with E-state index >= 15 is 13.6 Å². The van der Waals surface area contributed by atoms with Crippen molar-refractivity contribution in [3.63, 3.8) is 0 Å². The number of halogens is 2. The van der Waals surface area contributed by atoms with E-state index in [0.29, 0.717) is 72.4 Å². The molecule has 1 aromatic heterocycles. The summed E-state index contributed by atoms with van der Waals surface area (Å²) in [7, 11) is 3.17. The van der Waals surface area contributed by atoms with Gasteiger partial charge in [-0.15, -0.1) is 0 Å². The number of nitrogens with zero attached hydrogens (tertiary/aromatic N) is 3. The van der Waals surface area contributed by atoms with E-state index in [9.17, 15) is 23.1 Å². The molecule has 1 aliphatic carbocycles. The van der Waals surface area contributed by atoms with Gasteiger partial charge in [0.25, 0.3) is 0 Å². The molecule has 2 bridgehead atoms. The van der Waals surface area contributed by atoms with Crippen LogP contribution in [0, 0.1) is 17.3 Å². The summed E-state index contributed by atoms with van der Waals surface area (Å²) in [5.74, 6) is -6.52. The van der Waals surface area contributed by atoms with E-state index in [1.807, 2.05) is 34.9 Å². The number of carbonyl (C=O) groups is 3. The molecule has 2 unspecified atom stereocenters. The summed E-state index contributed by atoms with van der Waals surface area (Å²) in [5, 5.41) is 13.9. The summed E-state index contributed by atoms with van der Waals surface area (Å²) in [6.45, 7) is 6.18. The fourth-order valence-electron chi connectivity index (χ4n) is 13.7. The van der Waals surface area contributed by atoms with E-state index in [4.69, 9.17) is 18.9 Å². The molecule has 2 saturated heterocycles. The Morgan fingerprint density at radius 2 is 1.77 bits per heavy atom. The number of likely N-dealkylation sites (N-methyl/N-ethyl adjacent to an activating group) is 1. The van der Waals surface area contributed by atoms with Gasteiger partial charge in [0, 0.05) is 96.9 Å². The molecule has 0 radical (unpaired) electrons. The van der Waals surface area contributed by atoms with Crippen LogP contribution in [0.3, 0.4) is 0 Å². The van der Waals surface area contributed by atoms with Crippen LogP contribution in [0.5, 0.6) is 5.75 Å². The summed E-state index contributed by atoms with van der Waals surface area (Å²) in [4.78, 5) is 52.7. The number of alkyl halides is 2. The minimum absolute atomic E-state index is 0.0139. The van der Waals surface area contributed by atoms with Crippen molar-refractivity contribution in [3.8, 4) is 5.75 Å². The molecular weight excluding hydrogens is 865 g/mol. The standard InChI is InChI=1S/C47H59F2N5O10S/c1-9-44-14-10-16-54-18-15-45(38(44)54)32-21-33(36(61-6)22-35(32)52(5)39(45)47(58,42(57)63-8)40(44)64-26(2)55)46(41(56)62-7)23-27-19-28(43(3,48)49)25-53(24-27)17-13-30-31-20-29(65(59,60)50-4)11-12-34(31)51-37(30)46/h10-12,14,20-22,27-28,38-40,50-51,58H,9,13,15-19,23-25H2,1-8H3/t27-,28?,38+,39-,40-,44-,45-,46+,47+/m1/s1. The Labute approximate surface area is 377 Å². The lowest BCUT2D eigenvalue weighted by atomic mass is 9.47. The third-order valence-corrected chi connectivity index (χ3v) is 17.6. The van der Waals surface area contributed by atoms with Crippen molar-refractivity contribution < 1.29 is 55.6 Å². The van der Waals surface area contributed by atoms with Gasteiger partial charge in [0.1, 0.15) is 11.2 Å². The zero-order valence-electron chi connectivity index (χ0n) is 38.1. The number of anilines is 1. The normalized spacial score (nSPS) is 34.0. The maximum absolute atomic E-state index is 15.5. The van der Waals surface area contributed by atoms with Gasteiger partial charge in [-0.05, 0) is 93.9 Å². The lowest BCUT2D eigenvalue weighted by molar-refractivity contribution is -0.228. The Hall–Kier alpha value is -4.62. The van der Waals surface area contributed by atoms with Crippen molar-refractivity contribution >= 4 is 44.5 Å². The molecule has 0 amide bonds. The molecule has 5 aliphatic heterocycles. The molecule has 1 saturated carbocycles. The van der Waals surface area contributed by atoms with E-state index in [2.05, 4.69) is 14.6 Å². The minimum atomic E-state index is -3.91. The van der Waals surface area contributed by atoms with Crippen LogP contribution in [0.2, 0.25) is 0 Å². The van der Waals surface area contributed by atoms with Gasteiger partial charge in [0.2, 0.25) is 21.5 Å².